The molecule has 0 atom stereocenters. The van der Waals surface area contributed by atoms with Crippen LogP contribution in [0.1, 0.15) is 63.4 Å². The molecule has 0 saturated heterocycles. The van der Waals surface area contributed by atoms with Gasteiger partial charge in [0, 0.05) is 0 Å². The zero-order valence-electron chi connectivity index (χ0n) is 18.3. The third-order valence-electron chi connectivity index (χ3n) is 6.30. The van der Waals surface area contributed by atoms with Crippen molar-refractivity contribution in [1.29, 1.82) is 0 Å². The third kappa shape index (κ3) is 8.47. The van der Waals surface area contributed by atoms with E-state index < -0.39 is 0 Å². The third-order valence-corrected chi connectivity index (χ3v) is 6.30. The quantitative estimate of drug-likeness (QED) is 0.455. The molecule has 1 aromatic carbocycles. The standard InChI is InChI=1S/C15H22N2O2.C9H6N2O2/c18-10-16-14-5-1-12(2-6-14)9-13-3-7-15(8-4-13)17-11-19;1-7-2-3-8(10-5-12)4-9(7)11-6-13/h12-15H,1-9H2;2-4H,1H3. The number of isocyanates is 4. The molecule has 0 amide bonds. The highest BCUT2D eigenvalue weighted by atomic mass is 16.1. The highest BCUT2D eigenvalue weighted by Gasteiger charge is 2.26. The van der Waals surface area contributed by atoms with Crippen molar-refractivity contribution in [3.8, 4) is 0 Å². The summed E-state index contributed by atoms with van der Waals surface area (Å²) in [5.41, 5.74) is 1.72. The average molecular weight is 437 g/mol. The lowest BCUT2D eigenvalue weighted by atomic mass is 9.76. The molecule has 0 N–H and O–H groups in total. The Balaban J connectivity index is 0.000000244. The molecule has 3 rings (SSSR count). The maximum Gasteiger partial charge on any atom is 0.240 e. The van der Waals surface area contributed by atoms with Gasteiger partial charge in [-0.15, -0.1) is 0 Å². The van der Waals surface area contributed by atoms with Crippen LogP contribution in [0.15, 0.2) is 38.2 Å². The Morgan fingerprint density at radius 3 is 1.66 bits per heavy atom. The molecule has 8 nitrogen and oxygen atoms in total. The first-order valence-electron chi connectivity index (χ1n) is 11.0. The first-order chi connectivity index (χ1) is 15.6. The Hall–Kier alpha value is -3.26. The fourth-order valence-corrected chi connectivity index (χ4v) is 4.53. The molecule has 0 heterocycles. The summed E-state index contributed by atoms with van der Waals surface area (Å²) in [7, 11) is 0. The van der Waals surface area contributed by atoms with Crippen LogP contribution in [0.3, 0.4) is 0 Å². The molecule has 0 radical (unpaired) electrons. The van der Waals surface area contributed by atoms with Gasteiger partial charge in [0.05, 0.1) is 23.5 Å². The van der Waals surface area contributed by atoms with E-state index in [1.54, 1.807) is 31.2 Å². The summed E-state index contributed by atoms with van der Waals surface area (Å²) in [4.78, 5) is 54.9. The number of carbonyl (C=O) groups excluding carboxylic acids is 4. The molecule has 168 valence electrons. The van der Waals surface area contributed by atoms with Crippen molar-refractivity contribution in [3.05, 3.63) is 23.8 Å². The second kappa shape index (κ2) is 13.9. The highest BCUT2D eigenvalue weighted by molar-refractivity contribution is 5.61. The first kappa shape index (κ1) is 25.0. The molecule has 8 heteroatoms. The smallest absolute Gasteiger partial charge is 0.211 e. The fourth-order valence-electron chi connectivity index (χ4n) is 4.53. The molecule has 1 aromatic rings. The number of nitrogens with zero attached hydrogens (tertiary/aromatic N) is 4. The SMILES string of the molecule is Cc1ccc(N=C=O)cc1N=C=O.O=C=NC1CCC(CC2CCC(N=C=O)CC2)CC1. The van der Waals surface area contributed by atoms with Crippen molar-refractivity contribution in [2.24, 2.45) is 31.8 Å². The predicted octanol–water partition coefficient (Wildman–Crippen LogP) is 5.10. The van der Waals surface area contributed by atoms with Gasteiger partial charge in [0.2, 0.25) is 24.3 Å². The largest absolute Gasteiger partial charge is 0.240 e. The van der Waals surface area contributed by atoms with Crippen molar-refractivity contribution in [1.82, 2.24) is 0 Å². The molecule has 0 aliphatic heterocycles. The second-order valence-electron chi connectivity index (χ2n) is 8.40. The van der Waals surface area contributed by atoms with Crippen LogP contribution in [-0.4, -0.2) is 36.4 Å². The Morgan fingerprint density at radius 2 is 1.22 bits per heavy atom. The molecular formula is C24H28N4O4. The van der Waals surface area contributed by atoms with E-state index in [2.05, 4.69) is 20.0 Å². The summed E-state index contributed by atoms with van der Waals surface area (Å²) in [5.74, 6) is 1.60. The van der Waals surface area contributed by atoms with E-state index in [-0.39, 0.29) is 12.1 Å². The summed E-state index contributed by atoms with van der Waals surface area (Å²) in [5, 5.41) is 0. The summed E-state index contributed by atoms with van der Waals surface area (Å²) < 4.78 is 0. The molecule has 0 bridgehead atoms. The molecule has 2 saturated carbocycles. The van der Waals surface area contributed by atoms with E-state index in [4.69, 9.17) is 0 Å². The molecule has 32 heavy (non-hydrogen) atoms. The van der Waals surface area contributed by atoms with Crippen LogP contribution in [0, 0.1) is 18.8 Å². The summed E-state index contributed by atoms with van der Waals surface area (Å²) in [6, 6.07) is 5.33. The van der Waals surface area contributed by atoms with Gasteiger partial charge in [-0.3, -0.25) is 0 Å². The minimum absolute atomic E-state index is 0.228. The van der Waals surface area contributed by atoms with Gasteiger partial charge >= 0.3 is 0 Å². The zero-order valence-corrected chi connectivity index (χ0v) is 18.3. The van der Waals surface area contributed by atoms with Gasteiger partial charge in [-0.1, -0.05) is 6.07 Å². The van der Waals surface area contributed by atoms with Crippen molar-refractivity contribution in [2.75, 3.05) is 0 Å². The summed E-state index contributed by atoms with van der Waals surface area (Å²) in [6.45, 7) is 1.80. The molecule has 2 aliphatic carbocycles. The number of aliphatic imine (C=N–C) groups is 4. The van der Waals surface area contributed by atoms with Gasteiger partial charge < -0.3 is 0 Å². The maximum absolute atomic E-state index is 10.2. The van der Waals surface area contributed by atoms with Crippen molar-refractivity contribution < 1.29 is 19.2 Å². The molecule has 2 fully saturated rings. The molecule has 0 spiro atoms. The van der Waals surface area contributed by atoms with Gasteiger partial charge in [-0.05, 0) is 94.2 Å². The fraction of sp³-hybridized carbons (Fsp3) is 0.583. The molecule has 0 unspecified atom stereocenters. The minimum Gasteiger partial charge on any atom is -0.211 e. The normalized spacial score (nSPS) is 24.2. The van der Waals surface area contributed by atoms with Crippen molar-refractivity contribution in [3.63, 3.8) is 0 Å². The van der Waals surface area contributed by atoms with Crippen LogP contribution < -0.4 is 0 Å². The maximum atomic E-state index is 10.2. The highest BCUT2D eigenvalue weighted by Crippen LogP contribution is 2.36. The average Bonchev–Trinajstić information content (AvgIpc) is 2.80. The van der Waals surface area contributed by atoms with Crippen LogP contribution in [0.4, 0.5) is 11.4 Å². The van der Waals surface area contributed by atoms with E-state index >= 15 is 0 Å². The topological polar surface area (TPSA) is 118 Å². The Morgan fingerprint density at radius 1 is 0.719 bits per heavy atom. The van der Waals surface area contributed by atoms with E-state index in [0.29, 0.717) is 11.4 Å². The van der Waals surface area contributed by atoms with E-state index in [1.165, 1.54) is 50.3 Å². The van der Waals surface area contributed by atoms with Gasteiger partial charge in [0.1, 0.15) is 0 Å². The predicted molar refractivity (Wildman–Crippen MR) is 119 cm³/mol. The van der Waals surface area contributed by atoms with Crippen LogP contribution in [0.25, 0.3) is 0 Å². The lowest BCUT2D eigenvalue weighted by Gasteiger charge is -2.31. The van der Waals surface area contributed by atoms with E-state index in [1.807, 2.05) is 0 Å². The van der Waals surface area contributed by atoms with Crippen LogP contribution >= 0.6 is 0 Å². The van der Waals surface area contributed by atoms with E-state index in [0.717, 1.165) is 43.1 Å². The number of hydrogen-bond donors (Lipinski definition) is 0. The Kier molecular flexibility index (Phi) is 10.9. The molecule has 0 aromatic heterocycles. The summed E-state index contributed by atoms with van der Waals surface area (Å²) >= 11 is 0. The van der Waals surface area contributed by atoms with Crippen molar-refractivity contribution >= 4 is 35.7 Å². The monoisotopic (exact) mass is 436 g/mol. The number of hydrogen-bond acceptors (Lipinski definition) is 8. The van der Waals surface area contributed by atoms with E-state index in [9.17, 15) is 19.2 Å². The summed E-state index contributed by atoms with van der Waals surface area (Å²) in [6.07, 6.45) is 16.5. The number of aryl methyl sites for hydroxylation is 1. The minimum atomic E-state index is 0.228. The Labute approximate surface area is 187 Å². The van der Waals surface area contributed by atoms with Gasteiger partial charge in [0.15, 0.2) is 0 Å². The lowest BCUT2D eigenvalue weighted by molar-refractivity contribution is 0.226. The number of benzene rings is 1. The Bertz CT molecular complexity index is 901. The molecular weight excluding hydrogens is 408 g/mol. The number of rotatable bonds is 6. The van der Waals surface area contributed by atoms with Gasteiger partial charge in [-0.2, -0.15) is 9.98 Å². The van der Waals surface area contributed by atoms with Crippen LogP contribution in [0.5, 0.6) is 0 Å². The van der Waals surface area contributed by atoms with Crippen molar-refractivity contribution in [2.45, 2.75) is 76.8 Å². The lowest BCUT2D eigenvalue weighted by Crippen LogP contribution is -2.23. The van der Waals surface area contributed by atoms with Gasteiger partial charge in [0.25, 0.3) is 0 Å². The second-order valence-corrected chi connectivity index (χ2v) is 8.40. The van der Waals surface area contributed by atoms with Crippen LogP contribution in [0.2, 0.25) is 0 Å². The first-order valence-corrected chi connectivity index (χ1v) is 11.0. The zero-order chi connectivity index (χ0) is 23.2. The van der Waals surface area contributed by atoms with Gasteiger partial charge in [-0.25, -0.2) is 29.2 Å². The molecule has 2 aliphatic rings. The van der Waals surface area contributed by atoms with Crippen LogP contribution in [-0.2, 0) is 19.2 Å².